The lowest BCUT2D eigenvalue weighted by Crippen LogP contribution is -2.35. The van der Waals surface area contributed by atoms with Gasteiger partial charge in [0.1, 0.15) is 0 Å². The Morgan fingerprint density at radius 3 is 2.62 bits per heavy atom. The Balaban J connectivity index is 1.82. The minimum atomic E-state index is 0.471. The van der Waals surface area contributed by atoms with Gasteiger partial charge in [-0.05, 0) is 25.0 Å². The first kappa shape index (κ1) is 12.0. The summed E-state index contributed by atoms with van der Waals surface area (Å²) >= 11 is 1.84. The highest BCUT2D eigenvalue weighted by Crippen LogP contribution is 2.20. The van der Waals surface area contributed by atoms with Crippen molar-refractivity contribution in [1.82, 2.24) is 4.90 Å². The van der Waals surface area contributed by atoms with Crippen LogP contribution in [0.1, 0.15) is 22.6 Å². The third kappa shape index (κ3) is 3.04. The summed E-state index contributed by atoms with van der Waals surface area (Å²) in [6.45, 7) is 4.03. The standard InChI is InChI=1S/C12H20N2OS/c1-15-10-4-6-14(7-5-10)9-12-3-2-11(8-13)16-12/h2-3,10H,4-9,13H2,1H3. The van der Waals surface area contributed by atoms with Crippen molar-refractivity contribution in [2.75, 3.05) is 20.2 Å². The lowest BCUT2D eigenvalue weighted by atomic mass is 10.1. The Hall–Kier alpha value is -0.420. The van der Waals surface area contributed by atoms with E-state index in [2.05, 4.69) is 17.0 Å². The monoisotopic (exact) mass is 240 g/mol. The van der Waals surface area contributed by atoms with Gasteiger partial charge in [0.25, 0.3) is 0 Å². The number of nitrogens with two attached hydrogens (primary N) is 1. The Labute approximate surface area is 101 Å². The lowest BCUT2D eigenvalue weighted by Gasteiger charge is -2.30. The fourth-order valence-corrected chi connectivity index (χ4v) is 3.08. The predicted octanol–water partition coefficient (Wildman–Crippen LogP) is 1.82. The molecule has 16 heavy (non-hydrogen) atoms. The number of methoxy groups -OCH3 is 1. The van der Waals surface area contributed by atoms with Crippen molar-refractivity contribution in [3.63, 3.8) is 0 Å². The zero-order chi connectivity index (χ0) is 11.4. The van der Waals surface area contributed by atoms with Crippen LogP contribution in [0.3, 0.4) is 0 Å². The van der Waals surface area contributed by atoms with Gasteiger partial charge in [-0.2, -0.15) is 0 Å². The minimum absolute atomic E-state index is 0.471. The van der Waals surface area contributed by atoms with Gasteiger partial charge in [0.2, 0.25) is 0 Å². The highest BCUT2D eigenvalue weighted by Gasteiger charge is 2.18. The second-order valence-corrected chi connectivity index (χ2v) is 5.54. The molecular formula is C12H20N2OS. The molecule has 1 aliphatic heterocycles. The number of thiophene rings is 1. The third-order valence-electron chi connectivity index (χ3n) is 3.17. The van der Waals surface area contributed by atoms with Crippen LogP contribution in [0.5, 0.6) is 0 Å². The maximum Gasteiger partial charge on any atom is 0.0595 e. The highest BCUT2D eigenvalue weighted by atomic mass is 32.1. The van der Waals surface area contributed by atoms with Crippen LogP contribution in [0.2, 0.25) is 0 Å². The van der Waals surface area contributed by atoms with E-state index >= 15 is 0 Å². The van der Waals surface area contributed by atoms with Crippen LogP contribution in [0.4, 0.5) is 0 Å². The molecule has 0 radical (unpaired) electrons. The summed E-state index contributed by atoms with van der Waals surface area (Å²) < 4.78 is 5.37. The smallest absolute Gasteiger partial charge is 0.0595 e. The van der Waals surface area contributed by atoms with Crippen LogP contribution < -0.4 is 5.73 Å². The molecule has 1 fully saturated rings. The molecule has 0 aromatic carbocycles. The van der Waals surface area contributed by atoms with Gasteiger partial charge in [-0.3, -0.25) is 4.90 Å². The van der Waals surface area contributed by atoms with E-state index in [0.29, 0.717) is 12.6 Å². The van der Waals surface area contributed by atoms with Crippen LogP contribution in [0.15, 0.2) is 12.1 Å². The average molecular weight is 240 g/mol. The molecule has 0 atom stereocenters. The van der Waals surface area contributed by atoms with E-state index in [0.717, 1.165) is 32.5 Å². The zero-order valence-electron chi connectivity index (χ0n) is 9.82. The van der Waals surface area contributed by atoms with Crippen LogP contribution in [-0.2, 0) is 17.8 Å². The number of hydrogen-bond acceptors (Lipinski definition) is 4. The van der Waals surface area contributed by atoms with Gasteiger partial charge in [-0.15, -0.1) is 11.3 Å². The summed E-state index contributed by atoms with van der Waals surface area (Å²) in [6.07, 6.45) is 2.79. The molecule has 1 aliphatic rings. The molecule has 1 aromatic rings. The Morgan fingerprint density at radius 2 is 2.06 bits per heavy atom. The Morgan fingerprint density at radius 1 is 1.38 bits per heavy atom. The molecule has 0 saturated carbocycles. The van der Waals surface area contributed by atoms with Crippen molar-refractivity contribution in [1.29, 1.82) is 0 Å². The van der Waals surface area contributed by atoms with Crippen molar-refractivity contribution in [3.05, 3.63) is 21.9 Å². The number of rotatable bonds is 4. The molecule has 4 heteroatoms. The zero-order valence-corrected chi connectivity index (χ0v) is 10.6. The van der Waals surface area contributed by atoms with Gasteiger partial charge in [0.05, 0.1) is 6.10 Å². The molecule has 0 amide bonds. The number of piperidine rings is 1. The number of likely N-dealkylation sites (tertiary alicyclic amines) is 1. The first-order valence-electron chi connectivity index (χ1n) is 5.84. The van der Waals surface area contributed by atoms with Crippen LogP contribution in [0.25, 0.3) is 0 Å². The maximum atomic E-state index is 5.61. The van der Waals surface area contributed by atoms with E-state index in [1.807, 2.05) is 18.4 Å². The van der Waals surface area contributed by atoms with Gasteiger partial charge in [-0.1, -0.05) is 0 Å². The molecule has 3 nitrogen and oxygen atoms in total. The van der Waals surface area contributed by atoms with Crippen LogP contribution in [0, 0.1) is 0 Å². The highest BCUT2D eigenvalue weighted by molar-refractivity contribution is 7.11. The maximum absolute atomic E-state index is 5.61. The summed E-state index contributed by atoms with van der Waals surface area (Å²) in [5, 5.41) is 0. The second-order valence-electron chi connectivity index (χ2n) is 4.28. The number of ether oxygens (including phenoxy) is 1. The molecule has 2 rings (SSSR count). The Bertz CT molecular complexity index is 319. The first-order valence-corrected chi connectivity index (χ1v) is 6.66. The summed E-state index contributed by atoms with van der Waals surface area (Å²) in [5.41, 5.74) is 5.61. The molecule has 0 unspecified atom stereocenters. The van der Waals surface area contributed by atoms with E-state index in [-0.39, 0.29) is 0 Å². The third-order valence-corrected chi connectivity index (χ3v) is 4.26. The van der Waals surface area contributed by atoms with Crippen molar-refractivity contribution in [2.45, 2.75) is 32.0 Å². The quantitative estimate of drug-likeness (QED) is 0.872. The first-order chi connectivity index (χ1) is 7.81. The summed E-state index contributed by atoms with van der Waals surface area (Å²) in [7, 11) is 1.81. The van der Waals surface area contributed by atoms with Crippen LogP contribution in [-0.4, -0.2) is 31.2 Å². The molecule has 0 spiro atoms. The van der Waals surface area contributed by atoms with Gasteiger partial charge in [0, 0.05) is 43.0 Å². The largest absolute Gasteiger partial charge is 0.381 e. The lowest BCUT2D eigenvalue weighted by molar-refractivity contribution is 0.0391. The van der Waals surface area contributed by atoms with Gasteiger partial charge >= 0.3 is 0 Å². The van der Waals surface area contributed by atoms with Crippen LogP contribution >= 0.6 is 11.3 Å². The normalized spacial score (nSPS) is 19.1. The minimum Gasteiger partial charge on any atom is -0.381 e. The van der Waals surface area contributed by atoms with Crippen molar-refractivity contribution in [3.8, 4) is 0 Å². The fraction of sp³-hybridized carbons (Fsp3) is 0.667. The number of hydrogen-bond donors (Lipinski definition) is 1. The van der Waals surface area contributed by atoms with E-state index in [1.54, 1.807) is 0 Å². The van der Waals surface area contributed by atoms with Crippen molar-refractivity contribution >= 4 is 11.3 Å². The second kappa shape index (κ2) is 5.77. The fourth-order valence-electron chi connectivity index (χ4n) is 2.14. The van der Waals surface area contributed by atoms with Crippen molar-refractivity contribution in [2.24, 2.45) is 5.73 Å². The van der Waals surface area contributed by atoms with Gasteiger partial charge in [-0.25, -0.2) is 0 Å². The molecule has 0 bridgehead atoms. The molecule has 2 heterocycles. The Kier molecular flexibility index (Phi) is 4.35. The predicted molar refractivity (Wildman–Crippen MR) is 67.5 cm³/mol. The van der Waals surface area contributed by atoms with E-state index in [4.69, 9.17) is 10.5 Å². The van der Waals surface area contributed by atoms with Gasteiger partial charge < -0.3 is 10.5 Å². The summed E-state index contributed by atoms with van der Waals surface area (Å²) in [4.78, 5) is 5.21. The average Bonchev–Trinajstić information content (AvgIpc) is 2.78. The molecule has 1 aromatic heterocycles. The van der Waals surface area contributed by atoms with Crippen molar-refractivity contribution < 1.29 is 4.74 Å². The molecular weight excluding hydrogens is 220 g/mol. The molecule has 0 aliphatic carbocycles. The SMILES string of the molecule is COC1CCN(Cc2ccc(CN)s2)CC1. The summed E-state index contributed by atoms with van der Waals surface area (Å²) in [5.74, 6) is 0. The van der Waals surface area contributed by atoms with Gasteiger partial charge in [0.15, 0.2) is 0 Å². The number of nitrogens with zero attached hydrogens (tertiary/aromatic N) is 1. The molecule has 90 valence electrons. The van der Waals surface area contributed by atoms with E-state index < -0.39 is 0 Å². The topological polar surface area (TPSA) is 38.5 Å². The van der Waals surface area contributed by atoms with E-state index in [9.17, 15) is 0 Å². The summed E-state index contributed by atoms with van der Waals surface area (Å²) in [6, 6.07) is 4.34. The van der Waals surface area contributed by atoms with E-state index in [1.165, 1.54) is 9.75 Å². The molecule has 2 N–H and O–H groups in total. The molecule has 1 saturated heterocycles.